The van der Waals surface area contributed by atoms with Gasteiger partial charge in [0.05, 0.1) is 50.2 Å². The highest BCUT2D eigenvalue weighted by Crippen LogP contribution is 2.58. The van der Waals surface area contributed by atoms with Crippen molar-refractivity contribution in [2.75, 3.05) is 0 Å². The molecule has 0 bridgehead atoms. The molecule has 9 nitrogen and oxygen atoms in total. The molecule has 24 rings (SSSR count). The fourth-order valence-corrected chi connectivity index (χ4v) is 19.0. The van der Waals surface area contributed by atoms with Crippen LogP contribution in [0, 0.1) is 0 Å². The summed E-state index contributed by atoms with van der Waals surface area (Å²) in [5.41, 5.74) is 31.8. The minimum Gasteiger partial charge on any atom is -0.443 e. The molecule has 0 amide bonds. The molecule has 6 aromatic heterocycles. The van der Waals surface area contributed by atoms with E-state index >= 15 is 0 Å². The minimum absolute atomic E-state index is 0.0376. The van der Waals surface area contributed by atoms with E-state index in [1.165, 1.54) is 184 Å². The molecule has 0 saturated carbocycles. The molecule has 0 radical (unpaired) electrons. The topological polar surface area (TPSA) is 92.9 Å². The van der Waals surface area contributed by atoms with E-state index in [0.29, 0.717) is 0 Å². The molecule has 9 heteroatoms. The van der Waals surface area contributed by atoms with Crippen LogP contribution in [-0.4, -0.2) is 28.7 Å². The second kappa shape index (κ2) is 21.5. The lowest BCUT2D eigenvalue weighted by Crippen LogP contribution is -2.16. The van der Waals surface area contributed by atoms with E-state index in [4.69, 9.17) is 13.3 Å². The molecule has 0 N–H and O–H groups in total. The van der Waals surface area contributed by atoms with E-state index in [-0.39, 0.29) is 16.2 Å². The Morgan fingerprint density at radius 3 is 1.41 bits per heavy atom. The maximum absolute atomic E-state index is 5.71. The molecule has 3 aliphatic rings. The first kappa shape index (κ1) is 59.6. The maximum Gasteiger partial charge on any atom is 0.181 e. The number of aromatic nitrogens is 6. The van der Waals surface area contributed by atoms with Gasteiger partial charge in [0.2, 0.25) is 0 Å². The Kier molecular flexibility index (Phi) is 12.2. The van der Waals surface area contributed by atoms with E-state index in [1.807, 2.05) is 12.1 Å². The van der Waals surface area contributed by atoms with E-state index in [9.17, 15) is 0 Å². The summed E-state index contributed by atoms with van der Waals surface area (Å²) in [4.78, 5) is 13.0. The predicted octanol–water partition coefficient (Wildman–Crippen LogP) is 25.2. The minimum atomic E-state index is -0.121. The molecule has 105 heavy (non-hydrogen) atoms. The number of rotatable bonds is 3. The number of nitrogens with zero attached hydrogens (tertiary/aromatic N) is 6. The molecule has 0 aliphatic heterocycles. The Morgan fingerprint density at radius 2 is 0.752 bits per heavy atom. The first-order chi connectivity index (χ1) is 51.4. The molecule has 3 aliphatic carbocycles. The third-order valence-corrected chi connectivity index (χ3v) is 23.7. The predicted molar refractivity (Wildman–Crippen MR) is 430 cm³/mol. The van der Waals surface area contributed by atoms with Gasteiger partial charge >= 0.3 is 0 Å². The van der Waals surface area contributed by atoms with Gasteiger partial charge < -0.3 is 27.0 Å². The van der Waals surface area contributed by atoms with Crippen LogP contribution in [0.15, 0.2) is 305 Å². The normalized spacial score (nSPS) is 14.2. The molecule has 0 atom stereocenters. The number of hydrogen-bond donors (Lipinski definition) is 0. The number of hydrogen-bond acceptors (Lipinski definition) is 6. The first-order valence-corrected chi connectivity index (χ1v) is 36.2. The van der Waals surface area contributed by atoms with Gasteiger partial charge in [-0.3, -0.25) is 0 Å². The zero-order chi connectivity index (χ0) is 69.9. The van der Waals surface area contributed by atoms with Gasteiger partial charge in [-0.25, -0.2) is 15.0 Å². The van der Waals surface area contributed by atoms with Crippen LogP contribution in [0.25, 0.3) is 181 Å². The van der Waals surface area contributed by atoms with Crippen LogP contribution in [0.1, 0.15) is 74.9 Å². The zero-order valence-electron chi connectivity index (χ0n) is 58.6. The Balaban J connectivity index is 0.0000000986. The van der Waals surface area contributed by atoms with Crippen molar-refractivity contribution in [1.29, 1.82) is 0 Å². The third kappa shape index (κ3) is 8.26. The van der Waals surface area contributed by atoms with E-state index in [2.05, 4.69) is 331 Å². The van der Waals surface area contributed by atoms with Gasteiger partial charge in [-0.15, -0.1) is 0 Å². The van der Waals surface area contributed by atoms with Crippen LogP contribution < -0.4 is 0 Å². The van der Waals surface area contributed by atoms with Crippen LogP contribution in [-0.2, 0) is 16.2 Å². The van der Waals surface area contributed by atoms with Crippen LogP contribution in [0.2, 0.25) is 0 Å². The monoisotopic (exact) mass is 1350 g/mol. The summed E-state index contributed by atoms with van der Waals surface area (Å²) in [6.07, 6.45) is 4.55. The van der Waals surface area contributed by atoms with E-state index < -0.39 is 0 Å². The van der Waals surface area contributed by atoms with Crippen molar-refractivity contribution >= 4 is 131 Å². The highest BCUT2D eigenvalue weighted by molar-refractivity contribution is 6.27. The lowest BCUT2D eigenvalue weighted by Gasteiger charge is -2.23. The third-order valence-electron chi connectivity index (χ3n) is 23.7. The molecule has 0 saturated heterocycles. The lowest BCUT2D eigenvalue weighted by molar-refractivity contribution is 0.601. The summed E-state index contributed by atoms with van der Waals surface area (Å²) in [5.74, 6) is 0. The molecule has 15 aromatic carbocycles. The van der Waals surface area contributed by atoms with E-state index in [1.54, 1.807) is 0 Å². The van der Waals surface area contributed by atoms with Crippen molar-refractivity contribution in [3.05, 3.63) is 326 Å². The SMILES string of the molecule is CC1(C)c2ccccc2-c2c1c1c3ccccc3n(-c3ccc4ncoc4c3)c1c1ccccc21.CC1(C)c2ccccc2-c2cc3c(cc21)c1cc2ccccc2cc1n3-c1ccc2ncoc2c1.CC1(C)c2ccccc2-c2ccc3c4c5ccccc5ccc4n(-c4ccc5ncoc5c4)c3c21. The van der Waals surface area contributed by atoms with E-state index in [0.717, 1.165) is 50.4 Å². The van der Waals surface area contributed by atoms with Gasteiger partial charge in [-0.05, 0) is 166 Å². The van der Waals surface area contributed by atoms with Gasteiger partial charge in [-0.2, -0.15) is 0 Å². The number of para-hydroxylation sites is 1. The molecule has 21 aromatic rings. The Hall–Kier alpha value is -13.1. The Morgan fingerprint density at radius 1 is 0.267 bits per heavy atom. The molecular weight excluding hydrogens is 1290 g/mol. The highest BCUT2D eigenvalue weighted by Gasteiger charge is 2.42. The molecular formula is C96H66N6O3. The van der Waals surface area contributed by atoms with Gasteiger partial charge in [0.1, 0.15) is 16.6 Å². The molecule has 0 unspecified atom stereocenters. The number of fused-ring (bicyclic) bond motifs is 29. The van der Waals surface area contributed by atoms with Gasteiger partial charge in [0, 0.05) is 72.1 Å². The molecule has 0 fully saturated rings. The zero-order valence-corrected chi connectivity index (χ0v) is 58.6. The summed E-state index contributed by atoms with van der Waals surface area (Å²) in [6.45, 7) is 14.1. The smallest absolute Gasteiger partial charge is 0.181 e. The summed E-state index contributed by atoms with van der Waals surface area (Å²) >= 11 is 0. The lowest BCUT2D eigenvalue weighted by atomic mass is 9.79. The van der Waals surface area contributed by atoms with Gasteiger partial charge in [0.25, 0.3) is 0 Å². The fraction of sp³-hybridized carbons (Fsp3) is 0.0938. The van der Waals surface area contributed by atoms with Crippen molar-refractivity contribution < 1.29 is 13.3 Å². The Bertz CT molecular complexity index is 7340. The van der Waals surface area contributed by atoms with Crippen LogP contribution in [0.3, 0.4) is 0 Å². The van der Waals surface area contributed by atoms with Crippen LogP contribution >= 0.6 is 0 Å². The average Bonchev–Trinajstić information content (AvgIpc) is 1.54. The average molecular weight is 1350 g/mol. The van der Waals surface area contributed by atoms with Gasteiger partial charge in [-0.1, -0.05) is 224 Å². The first-order valence-electron chi connectivity index (χ1n) is 36.2. The quantitative estimate of drug-likeness (QED) is 0.175. The molecule has 0 spiro atoms. The number of oxazole rings is 3. The van der Waals surface area contributed by atoms with Gasteiger partial charge in [0.15, 0.2) is 35.9 Å². The summed E-state index contributed by atoms with van der Waals surface area (Å²) < 4.78 is 24.3. The van der Waals surface area contributed by atoms with Crippen molar-refractivity contribution in [3.8, 4) is 50.4 Å². The molecule has 498 valence electrons. The van der Waals surface area contributed by atoms with Crippen LogP contribution in [0.5, 0.6) is 0 Å². The largest absolute Gasteiger partial charge is 0.443 e. The summed E-state index contributed by atoms with van der Waals surface area (Å²) in [7, 11) is 0. The maximum atomic E-state index is 5.71. The summed E-state index contributed by atoms with van der Waals surface area (Å²) in [6, 6.07) is 99.1. The fourth-order valence-electron chi connectivity index (χ4n) is 19.0. The standard InChI is InChI=1S/3C32H22N2O/c1-32(2)24-13-7-5-11-22(24)28-20-9-3-4-10-21(20)31-29(30(28)32)23-12-6-8-14-26(23)34(31)19-15-16-25-27(17-19)35-18-33-25;1-32(2)25-10-6-5-9-22(25)23-13-14-24-29-21-8-4-3-7-19(21)11-16-27(29)34(31(24)30(23)32)20-12-15-26-28(17-20)35-18-33-26;1-32(2)26-10-6-5-9-22(26)23-17-30-25(16-27(23)32)24-13-19-7-3-4-8-20(19)14-29(24)34(30)21-11-12-28-31(15-21)35-18-33-28/h3*3-18H,1-2H3. The summed E-state index contributed by atoms with van der Waals surface area (Å²) in [5, 5.41) is 15.4. The van der Waals surface area contributed by atoms with Crippen molar-refractivity contribution in [2.24, 2.45) is 0 Å². The van der Waals surface area contributed by atoms with Crippen LogP contribution in [0.4, 0.5) is 0 Å². The number of benzene rings is 15. The Labute approximate surface area is 603 Å². The van der Waals surface area contributed by atoms with Crippen molar-refractivity contribution in [2.45, 2.75) is 57.8 Å². The second-order valence-electron chi connectivity index (χ2n) is 30.3. The molecule has 6 heterocycles. The second-order valence-corrected chi connectivity index (χ2v) is 30.3. The highest BCUT2D eigenvalue weighted by atomic mass is 16.3. The van der Waals surface area contributed by atoms with Crippen molar-refractivity contribution in [1.82, 2.24) is 28.7 Å². The van der Waals surface area contributed by atoms with Crippen molar-refractivity contribution in [3.63, 3.8) is 0 Å².